The third-order valence-corrected chi connectivity index (χ3v) is 9.19. The minimum atomic E-state index is -0.315. The van der Waals surface area contributed by atoms with E-state index in [1.54, 1.807) is 16.2 Å². The zero-order chi connectivity index (χ0) is 22.9. The number of thiophene rings is 1. The molecule has 0 spiro atoms. The molecule has 5 nitrogen and oxygen atoms in total. The highest BCUT2D eigenvalue weighted by Crippen LogP contribution is 2.38. The molecule has 1 fully saturated rings. The number of hydrogen-bond donors (Lipinski definition) is 0. The normalized spacial score (nSPS) is 17.3. The highest BCUT2D eigenvalue weighted by atomic mass is 32.2. The molecule has 2 aliphatic rings. The van der Waals surface area contributed by atoms with Crippen molar-refractivity contribution in [2.24, 2.45) is 0 Å². The van der Waals surface area contributed by atoms with Gasteiger partial charge < -0.3 is 4.90 Å². The van der Waals surface area contributed by atoms with E-state index in [1.165, 1.54) is 28.6 Å². The van der Waals surface area contributed by atoms with E-state index in [0.717, 1.165) is 60.7 Å². The minimum absolute atomic E-state index is 0.0571. The average Bonchev–Trinajstić information content (AvgIpc) is 3.47. The standard InChI is InChI=1S/C26H31N3O2S2/c1-17(24(30)28(2)16-18-10-4-3-5-11-18)32-26-27-23-22(20-14-8-9-15-21(20)33-23)25(31)29(26)19-12-6-7-13-19/h3-5,10-11,17,19H,6-9,12-16H2,1-2H3/t17-/m1/s1. The number of aromatic nitrogens is 2. The first-order chi connectivity index (χ1) is 16.0. The summed E-state index contributed by atoms with van der Waals surface area (Å²) in [6, 6.07) is 10.2. The maximum Gasteiger partial charge on any atom is 0.263 e. The number of amides is 1. The Bertz CT molecular complexity index is 1210. The van der Waals surface area contributed by atoms with E-state index in [4.69, 9.17) is 4.98 Å². The smallest absolute Gasteiger partial charge is 0.263 e. The first-order valence-corrected chi connectivity index (χ1v) is 13.7. The molecule has 0 unspecified atom stereocenters. The second-order valence-corrected chi connectivity index (χ2v) is 11.7. The van der Waals surface area contributed by atoms with Crippen LogP contribution in [0, 0.1) is 0 Å². The van der Waals surface area contributed by atoms with Gasteiger partial charge in [-0.15, -0.1) is 11.3 Å². The van der Waals surface area contributed by atoms with Gasteiger partial charge in [-0.1, -0.05) is 54.9 Å². The molecule has 7 heteroatoms. The number of carbonyl (C=O) groups excluding carboxylic acids is 1. The lowest BCUT2D eigenvalue weighted by Gasteiger charge is -2.23. The number of hydrogen-bond acceptors (Lipinski definition) is 5. The van der Waals surface area contributed by atoms with Crippen LogP contribution >= 0.6 is 23.1 Å². The summed E-state index contributed by atoms with van der Waals surface area (Å²) >= 11 is 3.14. The summed E-state index contributed by atoms with van der Waals surface area (Å²) in [5.41, 5.74) is 2.47. The zero-order valence-electron chi connectivity index (χ0n) is 19.4. The summed E-state index contributed by atoms with van der Waals surface area (Å²) in [6.45, 7) is 2.51. The van der Waals surface area contributed by atoms with E-state index >= 15 is 0 Å². The number of benzene rings is 1. The van der Waals surface area contributed by atoms with Crippen LogP contribution in [0.15, 0.2) is 40.3 Å². The van der Waals surface area contributed by atoms with E-state index in [9.17, 15) is 9.59 Å². The number of carbonyl (C=O) groups is 1. The van der Waals surface area contributed by atoms with Crippen LogP contribution in [-0.2, 0) is 24.2 Å². The summed E-state index contributed by atoms with van der Waals surface area (Å²) in [5, 5.41) is 1.25. The van der Waals surface area contributed by atoms with Gasteiger partial charge in [0.2, 0.25) is 5.91 Å². The Hall–Kier alpha value is -2.12. The Kier molecular flexibility index (Phi) is 6.61. The van der Waals surface area contributed by atoms with Gasteiger partial charge in [-0.3, -0.25) is 14.2 Å². The van der Waals surface area contributed by atoms with Gasteiger partial charge in [0, 0.05) is 24.5 Å². The lowest BCUT2D eigenvalue weighted by molar-refractivity contribution is -0.129. The molecule has 1 amide bonds. The minimum Gasteiger partial charge on any atom is -0.340 e. The first kappa shape index (κ1) is 22.7. The Morgan fingerprint density at radius 3 is 2.67 bits per heavy atom. The second-order valence-electron chi connectivity index (χ2n) is 9.34. The van der Waals surface area contributed by atoms with Gasteiger partial charge in [-0.05, 0) is 56.6 Å². The summed E-state index contributed by atoms with van der Waals surface area (Å²) in [5.74, 6) is 0.0571. The van der Waals surface area contributed by atoms with Crippen molar-refractivity contribution in [3.05, 3.63) is 56.7 Å². The summed E-state index contributed by atoms with van der Waals surface area (Å²) < 4.78 is 1.95. The maximum absolute atomic E-state index is 13.8. The van der Waals surface area contributed by atoms with Crippen molar-refractivity contribution in [1.82, 2.24) is 14.5 Å². The maximum atomic E-state index is 13.8. The third-order valence-electron chi connectivity index (χ3n) is 6.95. The van der Waals surface area contributed by atoms with Crippen molar-refractivity contribution < 1.29 is 4.79 Å². The average molecular weight is 482 g/mol. The first-order valence-electron chi connectivity index (χ1n) is 12.0. The molecule has 0 bridgehead atoms. The van der Waals surface area contributed by atoms with E-state index in [1.807, 2.05) is 48.9 Å². The summed E-state index contributed by atoms with van der Waals surface area (Å²) in [4.78, 5) is 36.0. The van der Waals surface area contributed by atoms with Gasteiger partial charge in [-0.2, -0.15) is 0 Å². The van der Waals surface area contributed by atoms with Crippen LogP contribution in [-0.4, -0.2) is 32.7 Å². The molecule has 2 heterocycles. The number of rotatable bonds is 6. The van der Waals surface area contributed by atoms with E-state index < -0.39 is 0 Å². The third kappa shape index (κ3) is 4.50. The predicted molar refractivity (Wildman–Crippen MR) is 136 cm³/mol. The van der Waals surface area contributed by atoms with Crippen LogP contribution in [0.25, 0.3) is 10.2 Å². The van der Waals surface area contributed by atoms with Gasteiger partial charge in [0.15, 0.2) is 5.16 Å². The molecule has 0 N–H and O–H groups in total. The molecule has 5 rings (SSSR count). The van der Waals surface area contributed by atoms with Crippen LogP contribution in [0.2, 0.25) is 0 Å². The Morgan fingerprint density at radius 1 is 1.18 bits per heavy atom. The SMILES string of the molecule is C[C@@H](Sc1nc2sc3c(c2c(=O)n1C1CCCC1)CCCC3)C(=O)N(C)Cc1ccccc1. The number of nitrogens with zero attached hydrogens (tertiary/aromatic N) is 3. The van der Waals surface area contributed by atoms with E-state index in [0.29, 0.717) is 11.7 Å². The number of fused-ring (bicyclic) bond motifs is 3. The van der Waals surface area contributed by atoms with Crippen LogP contribution in [0.1, 0.15) is 67.5 Å². The van der Waals surface area contributed by atoms with E-state index in [-0.39, 0.29) is 22.8 Å². The molecule has 33 heavy (non-hydrogen) atoms. The van der Waals surface area contributed by atoms with Crippen LogP contribution in [0.5, 0.6) is 0 Å². The predicted octanol–water partition coefficient (Wildman–Crippen LogP) is 5.59. The van der Waals surface area contributed by atoms with Crippen LogP contribution < -0.4 is 5.56 Å². The van der Waals surface area contributed by atoms with Gasteiger partial charge in [0.1, 0.15) is 4.83 Å². The lowest BCUT2D eigenvalue weighted by atomic mass is 9.97. The monoisotopic (exact) mass is 481 g/mol. The molecule has 0 saturated heterocycles. The Balaban J connectivity index is 1.47. The lowest BCUT2D eigenvalue weighted by Crippen LogP contribution is -2.34. The molecular formula is C26H31N3O2S2. The Labute approximate surface area is 203 Å². The number of thioether (sulfide) groups is 1. The molecule has 2 aliphatic carbocycles. The second kappa shape index (κ2) is 9.63. The van der Waals surface area contributed by atoms with Crippen molar-refractivity contribution in [3.8, 4) is 0 Å². The summed E-state index contributed by atoms with van der Waals surface area (Å²) in [7, 11) is 1.85. The Morgan fingerprint density at radius 2 is 1.91 bits per heavy atom. The fourth-order valence-electron chi connectivity index (χ4n) is 5.22. The molecule has 174 valence electrons. The van der Waals surface area contributed by atoms with Crippen molar-refractivity contribution >= 4 is 39.2 Å². The van der Waals surface area contributed by atoms with Crippen molar-refractivity contribution in [2.75, 3.05) is 7.05 Å². The van der Waals surface area contributed by atoms with E-state index in [2.05, 4.69) is 0 Å². The largest absolute Gasteiger partial charge is 0.340 e. The summed E-state index contributed by atoms with van der Waals surface area (Å²) in [6.07, 6.45) is 8.72. The van der Waals surface area contributed by atoms with Gasteiger partial charge in [-0.25, -0.2) is 4.98 Å². The van der Waals surface area contributed by atoms with Gasteiger partial charge in [0.05, 0.1) is 10.6 Å². The molecule has 1 aromatic carbocycles. The molecule has 1 atom stereocenters. The molecule has 0 radical (unpaired) electrons. The molecule has 1 saturated carbocycles. The van der Waals surface area contributed by atoms with Crippen LogP contribution in [0.3, 0.4) is 0 Å². The fraction of sp³-hybridized carbons (Fsp3) is 0.500. The molecule has 0 aliphatic heterocycles. The highest BCUT2D eigenvalue weighted by molar-refractivity contribution is 8.00. The van der Waals surface area contributed by atoms with Crippen LogP contribution in [0.4, 0.5) is 0 Å². The molecule has 2 aromatic heterocycles. The quantitative estimate of drug-likeness (QED) is 0.340. The molecular weight excluding hydrogens is 450 g/mol. The van der Waals surface area contributed by atoms with Crippen molar-refractivity contribution in [3.63, 3.8) is 0 Å². The fourth-order valence-corrected chi connectivity index (χ4v) is 7.62. The van der Waals surface area contributed by atoms with Gasteiger partial charge >= 0.3 is 0 Å². The van der Waals surface area contributed by atoms with Gasteiger partial charge in [0.25, 0.3) is 5.56 Å². The number of aryl methyl sites for hydroxylation is 2. The van der Waals surface area contributed by atoms with Crippen molar-refractivity contribution in [1.29, 1.82) is 0 Å². The van der Waals surface area contributed by atoms with Crippen molar-refractivity contribution in [2.45, 2.75) is 81.3 Å². The topological polar surface area (TPSA) is 55.2 Å². The zero-order valence-corrected chi connectivity index (χ0v) is 21.0. The highest BCUT2D eigenvalue weighted by Gasteiger charge is 2.29. The molecule has 3 aromatic rings.